The normalized spacial score (nSPS) is 30.1. The van der Waals surface area contributed by atoms with Crippen LogP contribution in [-0.2, 0) is 6.42 Å². The van der Waals surface area contributed by atoms with E-state index in [0.29, 0.717) is 11.5 Å². The van der Waals surface area contributed by atoms with E-state index in [9.17, 15) is 0 Å². The molecule has 2 nitrogen and oxygen atoms in total. The summed E-state index contributed by atoms with van der Waals surface area (Å²) in [5.74, 6) is 0.738. The lowest BCUT2D eigenvalue weighted by Crippen LogP contribution is -2.45. The molecular formula is C17H26N2. The van der Waals surface area contributed by atoms with Crippen LogP contribution in [0.5, 0.6) is 0 Å². The Morgan fingerprint density at radius 1 is 1.37 bits per heavy atom. The van der Waals surface area contributed by atoms with Gasteiger partial charge in [0.15, 0.2) is 0 Å². The van der Waals surface area contributed by atoms with Crippen molar-refractivity contribution in [1.29, 1.82) is 0 Å². The summed E-state index contributed by atoms with van der Waals surface area (Å²) < 4.78 is 0. The molecule has 0 bridgehead atoms. The SMILES string of the molecule is CC1Cc2ccccc2N1CC1(C(C)C)CCNC1. The molecule has 0 saturated carbocycles. The number of para-hydroxylation sites is 1. The van der Waals surface area contributed by atoms with Crippen molar-refractivity contribution in [1.82, 2.24) is 5.32 Å². The van der Waals surface area contributed by atoms with Gasteiger partial charge in [0.1, 0.15) is 0 Å². The average molecular weight is 258 g/mol. The second-order valence-corrected chi connectivity index (χ2v) is 6.75. The number of hydrogen-bond acceptors (Lipinski definition) is 2. The van der Waals surface area contributed by atoms with E-state index in [1.165, 1.54) is 43.7 Å². The molecule has 2 heteroatoms. The van der Waals surface area contributed by atoms with E-state index < -0.39 is 0 Å². The van der Waals surface area contributed by atoms with Gasteiger partial charge in [-0.3, -0.25) is 0 Å². The van der Waals surface area contributed by atoms with Gasteiger partial charge in [0, 0.05) is 30.2 Å². The van der Waals surface area contributed by atoms with Crippen molar-refractivity contribution in [2.45, 2.75) is 39.7 Å². The van der Waals surface area contributed by atoms with E-state index in [1.807, 2.05) is 0 Å². The third-order valence-corrected chi connectivity index (χ3v) is 5.34. The Kier molecular flexibility index (Phi) is 3.30. The number of rotatable bonds is 3. The molecule has 2 unspecified atom stereocenters. The summed E-state index contributed by atoms with van der Waals surface area (Å²) >= 11 is 0. The van der Waals surface area contributed by atoms with Crippen molar-refractivity contribution in [3.63, 3.8) is 0 Å². The highest BCUT2D eigenvalue weighted by molar-refractivity contribution is 5.59. The summed E-state index contributed by atoms with van der Waals surface area (Å²) in [4.78, 5) is 2.66. The first-order chi connectivity index (χ1) is 9.12. The van der Waals surface area contributed by atoms with Gasteiger partial charge < -0.3 is 10.2 Å². The first kappa shape index (κ1) is 13.0. The largest absolute Gasteiger partial charge is 0.368 e. The Morgan fingerprint density at radius 3 is 2.84 bits per heavy atom. The van der Waals surface area contributed by atoms with Gasteiger partial charge in [-0.2, -0.15) is 0 Å². The number of benzene rings is 1. The summed E-state index contributed by atoms with van der Waals surface area (Å²) in [7, 11) is 0. The van der Waals surface area contributed by atoms with Gasteiger partial charge in [0.2, 0.25) is 0 Å². The molecule has 0 spiro atoms. The molecule has 0 radical (unpaired) electrons. The molecule has 0 aromatic heterocycles. The number of anilines is 1. The molecule has 1 aromatic carbocycles. The van der Waals surface area contributed by atoms with Crippen LogP contribution >= 0.6 is 0 Å². The highest BCUT2D eigenvalue weighted by Crippen LogP contribution is 2.40. The van der Waals surface area contributed by atoms with Crippen LogP contribution in [0.2, 0.25) is 0 Å². The lowest BCUT2D eigenvalue weighted by atomic mass is 9.76. The summed E-state index contributed by atoms with van der Waals surface area (Å²) in [5, 5.41) is 3.58. The van der Waals surface area contributed by atoms with Crippen molar-refractivity contribution >= 4 is 5.69 Å². The second kappa shape index (κ2) is 4.82. The predicted octanol–water partition coefficient (Wildman–Crippen LogP) is 3.07. The second-order valence-electron chi connectivity index (χ2n) is 6.75. The Bertz CT molecular complexity index is 446. The molecule has 0 amide bonds. The highest BCUT2D eigenvalue weighted by Gasteiger charge is 2.40. The molecule has 2 aliphatic heterocycles. The van der Waals surface area contributed by atoms with E-state index in [4.69, 9.17) is 0 Å². The van der Waals surface area contributed by atoms with Crippen LogP contribution in [0.25, 0.3) is 0 Å². The topological polar surface area (TPSA) is 15.3 Å². The zero-order valence-electron chi connectivity index (χ0n) is 12.4. The standard InChI is InChI=1S/C17H26N2/c1-13(2)17(8-9-18-11-17)12-19-14(3)10-15-6-4-5-7-16(15)19/h4-7,13-14,18H,8-12H2,1-3H3. The molecule has 3 rings (SSSR count). The van der Waals surface area contributed by atoms with Gasteiger partial charge >= 0.3 is 0 Å². The molecule has 104 valence electrons. The van der Waals surface area contributed by atoms with E-state index >= 15 is 0 Å². The fraction of sp³-hybridized carbons (Fsp3) is 0.647. The van der Waals surface area contributed by atoms with Gasteiger partial charge in [-0.25, -0.2) is 0 Å². The van der Waals surface area contributed by atoms with Crippen LogP contribution in [0.3, 0.4) is 0 Å². The van der Waals surface area contributed by atoms with Crippen molar-refractivity contribution in [3.8, 4) is 0 Å². The van der Waals surface area contributed by atoms with Gasteiger partial charge in [0.25, 0.3) is 0 Å². The molecule has 2 heterocycles. The summed E-state index contributed by atoms with van der Waals surface area (Å²) in [6.07, 6.45) is 2.52. The van der Waals surface area contributed by atoms with Crippen molar-refractivity contribution in [2.24, 2.45) is 11.3 Å². The predicted molar refractivity (Wildman–Crippen MR) is 81.7 cm³/mol. The Hall–Kier alpha value is -1.02. The molecule has 1 N–H and O–H groups in total. The zero-order chi connectivity index (χ0) is 13.5. The lowest BCUT2D eigenvalue weighted by Gasteiger charge is -2.39. The molecule has 1 aromatic rings. The van der Waals surface area contributed by atoms with Gasteiger partial charge in [-0.15, -0.1) is 0 Å². The smallest absolute Gasteiger partial charge is 0.0402 e. The Labute approximate surface area is 117 Å². The highest BCUT2D eigenvalue weighted by atomic mass is 15.2. The van der Waals surface area contributed by atoms with Crippen LogP contribution in [-0.4, -0.2) is 25.7 Å². The first-order valence-corrected chi connectivity index (χ1v) is 7.68. The third-order valence-electron chi connectivity index (χ3n) is 5.34. The van der Waals surface area contributed by atoms with E-state index in [0.717, 1.165) is 5.92 Å². The van der Waals surface area contributed by atoms with Gasteiger partial charge in [-0.05, 0) is 43.9 Å². The summed E-state index contributed by atoms with van der Waals surface area (Å²) in [6, 6.07) is 9.59. The fourth-order valence-electron chi connectivity index (χ4n) is 3.78. The number of hydrogen-bond donors (Lipinski definition) is 1. The monoisotopic (exact) mass is 258 g/mol. The average Bonchev–Trinajstić information content (AvgIpc) is 2.97. The Morgan fingerprint density at radius 2 is 2.16 bits per heavy atom. The maximum absolute atomic E-state index is 3.58. The molecule has 1 saturated heterocycles. The lowest BCUT2D eigenvalue weighted by molar-refractivity contribution is 0.220. The minimum Gasteiger partial charge on any atom is -0.368 e. The van der Waals surface area contributed by atoms with Crippen LogP contribution < -0.4 is 10.2 Å². The van der Waals surface area contributed by atoms with Crippen LogP contribution in [0.1, 0.15) is 32.8 Å². The number of fused-ring (bicyclic) bond motifs is 1. The molecule has 19 heavy (non-hydrogen) atoms. The van der Waals surface area contributed by atoms with Crippen molar-refractivity contribution in [2.75, 3.05) is 24.5 Å². The van der Waals surface area contributed by atoms with Gasteiger partial charge in [-0.1, -0.05) is 32.0 Å². The van der Waals surface area contributed by atoms with Crippen LogP contribution in [0.4, 0.5) is 5.69 Å². The summed E-state index contributed by atoms with van der Waals surface area (Å²) in [6.45, 7) is 10.7. The minimum atomic E-state index is 0.450. The maximum Gasteiger partial charge on any atom is 0.0402 e. The number of nitrogens with one attached hydrogen (secondary N) is 1. The maximum atomic E-state index is 3.58. The molecule has 1 fully saturated rings. The van der Waals surface area contributed by atoms with E-state index in [2.05, 4.69) is 55.3 Å². The quantitative estimate of drug-likeness (QED) is 0.896. The molecule has 0 aliphatic carbocycles. The van der Waals surface area contributed by atoms with Crippen molar-refractivity contribution < 1.29 is 0 Å². The molecular weight excluding hydrogens is 232 g/mol. The molecule has 2 aliphatic rings. The molecule has 2 atom stereocenters. The van der Waals surface area contributed by atoms with E-state index in [1.54, 1.807) is 0 Å². The van der Waals surface area contributed by atoms with E-state index in [-0.39, 0.29) is 0 Å². The van der Waals surface area contributed by atoms with Crippen LogP contribution in [0.15, 0.2) is 24.3 Å². The minimum absolute atomic E-state index is 0.450. The number of nitrogens with zero attached hydrogens (tertiary/aromatic N) is 1. The fourth-order valence-corrected chi connectivity index (χ4v) is 3.78. The van der Waals surface area contributed by atoms with Crippen LogP contribution in [0, 0.1) is 11.3 Å². The third kappa shape index (κ3) is 2.16. The van der Waals surface area contributed by atoms with Crippen molar-refractivity contribution in [3.05, 3.63) is 29.8 Å². The first-order valence-electron chi connectivity index (χ1n) is 7.68. The zero-order valence-corrected chi connectivity index (χ0v) is 12.4. The Balaban J connectivity index is 1.86. The summed E-state index contributed by atoms with van der Waals surface area (Å²) in [5.41, 5.74) is 3.45. The van der Waals surface area contributed by atoms with Gasteiger partial charge in [0.05, 0.1) is 0 Å².